The number of benzene rings is 1. The summed E-state index contributed by atoms with van der Waals surface area (Å²) in [4.78, 5) is 36.0. The lowest BCUT2D eigenvalue weighted by atomic mass is 10.2. The number of imide groups is 1. The number of nitrogens with zero attached hydrogens (tertiary/aromatic N) is 1. The lowest BCUT2D eigenvalue weighted by molar-refractivity contribution is -0.138. The van der Waals surface area contributed by atoms with Gasteiger partial charge in [0.05, 0.1) is 17.8 Å². The molecule has 1 aliphatic heterocycles. The molecule has 1 fully saturated rings. The van der Waals surface area contributed by atoms with E-state index >= 15 is 0 Å². The van der Waals surface area contributed by atoms with E-state index < -0.39 is 0 Å². The number of nitrogens with one attached hydrogen (secondary N) is 1. The highest BCUT2D eigenvalue weighted by Gasteiger charge is 2.28. The van der Waals surface area contributed by atoms with Gasteiger partial charge in [0.2, 0.25) is 17.7 Å². The SMILES string of the molecule is COc1ccc(Cl)c(NC(=O)CCCN2C(=O)CCC2=O)c1. The number of carbonyl (C=O) groups is 3. The summed E-state index contributed by atoms with van der Waals surface area (Å²) in [5.41, 5.74) is 0.472. The highest BCUT2D eigenvalue weighted by atomic mass is 35.5. The number of amides is 3. The molecule has 118 valence electrons. The largest absolute Gasteiger partial charge is 0.497 e. The first-order chi connectivity index (χ1) is 10.5. The first-order valence-electron chi connectivity index (χ1n) is 6.98. The lowest BCUT2D eigenvalue weighted by Crippen LogP contribution is -2.30. The standard InChI is InChI=1S/C15H17ClN2O4/c1-22-10-4-5-11(16)12(9-10)17-13(19)3-2-8-18-14(20)6-7-15(18)21/h4-5,9H,2-3,6-8H2,1H3,(H,17,19). The fourth-order valence-corrected chi connectivity index (χ4v) is 2.37. The van der Waals surface area contributed by atoms with Gasteiger partial charge in [0.1, 0.15) is 5.75 Å². The van der Waals surface area contributed by atoms with Gasteiger partial charge in [0.25, 0.3) is 0 Å². The predicted molar refractivity (Wildman–Crippen MR) is 81.8 cm³/mol. The number of ether oxygens (including phenoxy) is 1. The molecular formula is C15H17ClN2O4. The van der Waals surface area contributed by atoms with E-state index in [1.165, 1.54) is 12.0 Å². The summed E-state index contributed by atoms with van der Waals surface area (Å²) < 4.78 is 5.07. The van der Waals surface area contributed by atoms with E-state index in [-0.39, 0.29) is 43.5 Å². The fourth-order valence-electron chi connectivity index (χ4n) is 2.21. The van der Waals surface area contributed by atoms with Gasteiger partial charge in [0, 0.05) is 31.9 Å². The highest BCUT2D eigenvalue weighted by molar-refractivity contribution is 6.33. The number of anilines is 1. The van der Waals surface area contributed by atoms with E-state index in [1.807, 2.05) is 0 Å². The van der Waals surface area contributed by atoms with Crippen LogP contribution in [0.1, 0.15) is 25.7 Å². The summed E-state index contributed by atoms with van der Waals surface area (Å²) in [5.74, 6) is 0.0321. The minimum Gasteiger partial charge on any atom is -0.497 e. The minimum absolute atomic E-state index is 0.166. The molecule has 1 aromatic rings. The molecule has 2 rings (SSSR count). The Bertz CT molecular complexity index is 587. The van der Waals surface area contributed by atoms with Crippen LogP contribution >= 0.6 is 11.6 Å². The Kier molecular flexibility index (Phi) is 5.38. The zero-order chi connectivity index (χ0) is 16.1. The summed E-state index contributed by atoms with van der Waals surface area (Å²) in [6, 6.07) is 4.97. The van der Waals surface area contributed by atoms with Crippen LogP contribution in [0.5, 0.6) is 5.75 Å². The van der Waals surface area contributed by atoms with Crippen molar-refractivity contribution in [1.82, 2.24) is 4.90 Å². The van der Waals surface area contributed by atoms with Gasteiger partial charge in [-0.1, -0.05) is 11.6 Å². The lowest BCUT2D eigenvalue weighted by Gasteiger charge is -2.13. The van der Waals surface area contributed by atoms with E-state index in [0.29, 0.717) is 22.9 Å². The Morgan fingerprint density at radius 1 is 1.32 bits per heavy atom. The number of methoxy groups -OCH3 is 1. The molecule has 0 aromatic heterocycles. The van der Waals surface area contributed by atoms with Gasteiger partial charge in [-0.3, -0.25) is 19.3 Å². The number of likely N-dealkylation sites (tertiary alicyclic amines) is 1. The summed E-state index contributed by atoms with van der Waals surface area (Å²) in [6.45, 7) is 0.275. The molecule has 0 bridgehead atoms. The molecule has 0 aliphatic carbocycles. The smallest absolute Gasteiger partial charge is 0.229 e. The highest BCUT2D eigenvalue weighted by Crippen LogP contribution is 2.26. The van der Waals surface area contributed by atoms with Crippen LogP contribution in [0.4, 0.5) is 5.69 Å². The normalized spacial score (nSPS) is 14.4. The van der Waals surface area contributed by atoms with Crippen molar-refractivity contribution < 1.29 is 19.1 Å². The molecule has 6 nitrogen and oxygen atoms in total. The third kappa shape index (κ3) is 3.98. The van der Waals surface area contributed by atoms with Gasteiger partial charge in [-0.15, -0.1) is 0 Å². The van der Waals surface area contributed by atoms with E-state index in [4.69, 9.17) is 16.3 Å². The van der Waals surface area contributed by atoms with Crippen molar-refractivity contribution in [2.24, 2.45) is 0 Å². The van der Waals surface area contributed by atoms with E-state index in [2.05, 4.69) is 5.32 Å². The van der Waals surface area contributed by atoms with E-state index in [1.54, 1.807) is 18.2 Å². The van der Waals surface area contributed by atoms with E-state index in [0.717, 1.165) is 0 Å². The number of hydrogen-bond acceptors (Lipinski definition) is 4. The average molecular weight is 325 g/mol. The molecule has 0 radical (unpaired) electrons. The topological polar surface area (TPSA) is 75.7 Å². The van der Waals surface area contributed by atoms with Gasteiger partial charge < -0.3 is 10.1 Å². The Morgan fingerprint density at radius 3 is 2.64 bits per heavy atom. The Morgan fingerprint density at radius 2 is 2.00 bits per heavy atom. The molecule has 22 heavy (non-hydrogen) atoms. The van der Waals surface area contributed by atoms with Crippen LogP contribution in [0.15, 0.2) is 18.2 Å². The second-order valence-corrected chi connectivity index (χ2v) is 5.34. The Labute approximate surface area is 133 Å². The van der Waals surface area contributed by atoms with Crippen molar-refractivity contribution in [3.05, 3.63) is 23.2 Å². The van der Waals surface area contributed by atoms with Crippen molar-refractivity contribution >= 4 is 35.0 Å². The monoisotopic (exact) mass is 324 g/mol. The quantitative estimate of drug-likeness (QED) is 0.814. The molecule has 0 atom stereocenters. The number of carbonyl (C=O) groups excluding carboxylic acids is 3. The molecule has 0 saturated carbocycles. The van der Waals surface area contributed by atoms with Crippen molar-refractivity contribution in [3.63, 3.8) is 0 Å². The molecule has 1 saturated heterocycles. The van der Waals surface area contributed by atoms with Gasteiger partial charge in [-0.25, -0.2) is 0 Å². The van der Waals surface area contributed by atoms with Crippen LogP contribution < -0.4 is 10.1 Å². The van der Waals surface area contributed by atoms with Gasteiger partial charge in [0.15, 0.2) is 0 Å². The first-order valence-corrected chi connectivity index (χ1v) is 7.35. The second-order valence-electron chi connectivity index (χ2n) is 4.94. The summed E-state index contributed by atoms with van der Waals surface area (Å²) in [7, 11) is 1.53. The van der Waals surface area contributed by atoms with Gasteiger partial charge in [-0.05, 0) is 18.6 Å². The van der Waals surface area contributed by atoms with Gasteiger partial charge >= 0.3 is 0 Å². The molecule has 1 aromatic carbocycles. The molecule has 1 heterocycles. The summed E-state index contributed by atoms with van der Waals surface area (Å²) in [6.07, 6.45) is 1.16. The third-order valence-electron chi connectivity index (χ3n) is 3.39. The molecule has 1 aliphatic rings. The van der Waals surface area contributed by atoms with Crippen molar-refractivity contribution in [3.8, 4) is 5.75 Å². The van der Waals surface area contributed by atoms with Crippen LogP contribution in [0.2, 0.25) is 5.02 Å². The minimum atomic E-state index is -0.228. The first kappa shape index (κ1) is 16.3. The second kappa shape index (κ2) is 7.26. The third-order valence-corrected chi connectivity index (χ3v) is 3.72. The van der Waals surface area contributed by atoms with E-state index in [9.17, 15) is 14.4 Å². The Hall–Kier alpha value is -2.08. The van der Waals surface area contributed by atoms with Crippen LogP contribution in [-0.2, 0) is 14.4 Å². The zero-order valence-electron chi connectivity index (χ0n) is 12.2. The Balaban J connectivity index is 1.83. The van der Waals surface area contributed by atoms with Crippen LogP contribution in [0.25, 0.3) is 0 Å². The van der Waals surface area contributed by atoms with Crippen molar-refractivity contribution in [2.45, 2.75) is 25.7 Å². The average Bonchev–Trinajstić information content (AvgIpc) is 2.81. The van der Waals surface area contributed by atoms with Crippen LogP contribution in [0.3, 0.4) is 0 Å². The number of halogens is 1. The molecule has 0 spiro atoms. The summed E-state index contributed by atoms with van der Waals surface area (Å²) >= 11 is 6.01. The molecule has 3 amide bonds. The molecule has 7 heteroatoms. The number of hydrogen-bond donors (Lipinski definition) is 1. The molecule has 0 unspecified atom stereocenters. The zero-order valence-corrected chi connectivity index (χ0v) is 13.0. The van der Waals surface area contributed by atoms with Crippen LogP contribution in [0, 0.1) is 0 Å². The molecule has 1 N–H and O–H groups in total. The van der Waals surface area contributed by atoms with Crippen LogP contribution in [-0.4, -0.2) is 36.3 Å². The maximum atomic E-state index is 11.9. The van der Waals surface area contributed by atoms with Crippen molar-refractivity contribution in [1.29, 1.82) is 0 Å². The van der Waals surface area contributed by atoms with Crippen molar-refractivity contribution in [2.75, 3.05) is 19.0 Å². The maximum Gasteiger partial charge on any atom is 0.229 e. The van der Waals surface area contributed by atoms with Gasteiger partial charge in [-0.2, -0.15) is 0 Å². The number of rotatable bonds is 6. The maximum absolute atomic E-state index is 11.9. The molecular weight excluding hydrogens is 308 g/mol. The fraction of sp³-hybridized carbons (Fsp3) is 0.400. The summed E-state index contributed by atoms with van der Waals surface area (Å²) in [5, 5.41) is 3.11. The predicted octanol–water partition coefficient (Wildman–Crippen LogP) is 2.22.